The Morgan fingerprint density at radius 1 is 1.23 bits per heavy atom. The van der Waals surface area contributed by atoms with E-state index in [4.69, 9.17) is 4.74 Å². The van der Waals surface area contributed by atoms with Gasteiger partial charge in [-0.1, -0.05) is 12.1 Å². The topological polar surface area (TPSA) is 56.1 Å². The molecule has 2 heterocycles. The fourth-order valence-electron chi connectivity index (χ4n) is 3.20. The first-order valence-electron chi connectivity index (χ1n) is 8.03. The lowest BCUT2D eigenvalue weighted by Crippen LogP contribution is -2.25. The summed E-state index contributed by atoms with van der Waals surface area (Å²) < 4.78 is 34.4. The molecule has 1 aliphatic heterocycles. The van der Waals surface area contributed by atoms with Gasteiger partial charge in [0.25, 0.3) is 0 Å². The van der Waals surface area contributed by atoms with Gasteiger partial charge in [-0.15, -0.1) is 0 Å². The number of imidazole rings is 1. The summed E-state index contributed by atoms with van der Waals surface area (Å²) in [5, 5.41) is 2.80. The highest BCUT2D eigenvalue weighted by molar-refractivity contribution is 5.94. The minimum Gasteiger partial charge on any atom is -0.497 e. The number of anilines is 1. The van der Waals surface area contributed by atoms with Crippen LogP contribution >= 0.6 is 0 Å². The van der Waals surface area contributed by atoms with Crippen LogP contribution in [0.5, 0.6) is 5.75 Å². The third-order valence-electron chi connectivity index (χ3n) is 4.44. The molecule has 3 aromatic rings. The van der Waals surface area contributed by atoms with Crippen LogP contribution in [-0.4, -0.2) is 22.6 Å². The van der Waals surface area contributed by atoms with Crippen LogP contribution in [0.3, 0.4) is 0 Å². The van der Waals surface area contributed by atoms with Gasteiger partial charge >= 0.3 is 0 Å². The van der Waals surface area contributed by atoms with Gasteiger partial charge in [0, 0.05) is 24.5 Å². The zero-order valence-corrected chi connectivity index (χ0v) is 13.9. The molecule has 0 aliphatic carbocycles. The van der Waals surface area contributed by atoms with Crippen LogP contribution in [0, 0.1) is 11.6 Å². The highest BCUT2D eigenvalue weighted by Gasteiger charge is 2.32. The number of amides is 1. The third-order valence-corrected chi connectivity index (χ3v) is 4.44. The van der Waals surface area contributed by atoms with Crippen molar-refractivity contribution >= 4 is 11.7 Å². The Balaban J connectivity index is 1.82. The number of methoxy groups -OCH3 is 1. The molecular weight excluding hydrogens is 340 g/mol. The van der Waals surface area contributed by atoms with E-state index in [-0.39, 0.29) is 17.9 Å². The second-order valence-electron chi connectivity index (χ2n) is 6.02. The molecular formula is C19H15F2N3O2. The normalized spacial score (nSPS) is 16.1. The molecule has 0 spiro atoms. The van der Waals surface area contributed by atoms with Crippen LogP contribution in [0.15, 0.2) is 48.8 Å². The maximum absolute atomic E-state index is 14.3. The Hall–Kier alpha value is -3.22. The van der Waals surface area contributed by atoms with Gasteiger partial charge in [0.1, 0.15) is 29.5 Å². The van der Waals surface area contributed by atoms with E-state index in [0.717, 1.165) is 11.8 Å². The number of halogens is 2. The molecule has 0 bridgehead atoms. The minimum absolute atomic E-state index is 0.0463. The van der Waals surface area contributed by atoms with Crippen molar-refractivity contribution in [3.8, 4) is 11.4 Å². The summed E-state index contributed by atoms with van der Waals surface area (Å²) in [6, 6.07) is 10.6. The van der Waals surface area contributed by atoms with Crippen LogP contribution in [-0.2, 0) is 4.79 Å². The molecule has 0 saturated heterocycles. The summed E-state index contributed by atoms with van der Waals surface area (Å²) in [6.07, 6.45) is 1.62. The van der Waals surface area contributed by atoms with Crippen molar-refractivity contribution in [1.82, 2.24) is 9.55 Å². The smallest absolute Gasteiger partial charge is 0.226 e. The number of nitrogens with one attached hydrogen (secondary N) is 1. The summed E-state index contributed by atoms with van der Waals surface area (Å²) in [4.78, 5) is 16.6. The average molecular weight is 355 g/mol. The number of nitrogens with zero attached hydrogens (tertiary/aromatic N) is 2. The summed E-state index contributed by atoms with van der Waals surface area (Å²) in [7, 11) is 1.57. The van der Waals surface area contributed by atoms with Crippen LogP contribution in [0.1, 0.15) is 23.6 Å². The molecule has 1 N–H and O–H groups in total. The number of carbonyl (C=O) groups is 1. The fourth-order valence-corrected chi connectivity index (χ4v) is 3.20. The van der Waals surface area contributed by atoms with Gasteiger partial charge in [0.05, 0.1) is 18.5 Å². The number of hydrogen-bond donors (Lipinski definition) is 1. The zero-order valence-electron chi connectivity index (χ0n) is 13.9. The van der Waals surface area contributed by atoms with Crippen molar-refractivity contribution in [3.63, 3.8) is 0 Å². The first-order chi connectivity index (χ1) is 12.6. The van der Waals surface area contributed by atoms with E-state index in [1.54, 1.807) is 24.1 Å². The summed E-state index contributed by atoms with van der Waals surface area (Å²) in [5.41, 5.74) is 1.54. The lowest BCUT2D eigenvalue weighted by atomic mass is 9.89. The number of fused-ring (bicyclic) bond motifs is 1. The number of carbonyl (C=O) groups excluding carboxylic acids is 1. The first kappa shape index (κ1) is 16.3. The van der Waals surface area contributed by atoms with Gasteiger partial charge in [-0.3, -0.25) is 9.36 Å². The van der Waals surface area contributed by atoms with Gasteiger partial charge in [-0.25, -0.2) is 13.8 Å². The Bertz CT molecular complexity index is 1000. The molecule has 26 heavy (non-hydrogen) atoms. The molecule has 1 aliphatic rings. The van der Waals surface area contributed by atoms with Gasteiger partial charge in [-0.05, 0) is 23.8 Å². The molecule has 132 valence electrons. The van der Waals surface area contributed by atoms with E-state index < -0.39 is 17.6 Å². The van der Waals surface area contributed by atoms with E-state index in [1.165, 1.54) is 12.1 Å². The molecule has 1 amide bonds. The second-order valence-corrected chi connectivity index (χ2v) is 6.02. The van der Waals surface area contributed by atoms with Crippen LogP contribution in [0.4, 0.5) is 14.6 Å². The van der Waals surface area contributed by atoms with Crippen LogP contribution in [0.25, 0.3) is 5.69 Å². The SMILES string of the molecule is COc1cccc(-n2cnc3c2NC(=O)C[C@H]3c2ccc(F)cc2F)c1. The third kappa shape index (κ3) is 2.71. The molecule has 0 fully saturated rings. The summed E-state index contributed by atoms with van der Waals surface area (Å²) in [5.74, 6) is -1.04. The van der Waals surface area contributed by atoms with Crippen molar-refractivity contribution in [2.75, 3.05) is 12.4 Å². The minimum atomic E-state index is -0.688. The fraction of sp³-hybridized carbons (Fsp3) is 0.158. The Morgan fingerprint density at radius 3 is 2.85 bits per heavy atom. The Morgan fingerprint density at radius 2 is 2.08 bits per heavy atom. The zero-order chi connectivity index (χ0) is 18.3. The number of benzene rings is 2. The standard InChI is InChI=1S/C19H15F2N3O2/c1-26-13-4-2-3-12(8-13)24-10-22-18-15(9-17(25)23-19(18)24)14-6-5-11(20)7-16(14)21/h2-8,10,15H,9H2,1H3,(H,23,25)/t15-/m0/s1. The van der Waals surface area contributed by atoms with Gasteiger partial charge in [-0.2, -0.15) is 0 Å². The van der Waals surface area contributed by atoms with Gasteiger partial charge in [0.15, 0.2) is 0 Å². The van der Waals surface area contributed by atoms with Crippen LogP contribution in [0.2, 0.25) is 0 Å². The molecule has 5 nitrogen and oxygen atoms in total. The van der Waals surface area contributed by atoms with Crippen molar-refractivity contribution in [1.29, 1.82) is 0 Å². The van der Waals surface area contributed by atoms with Crippen molar-refractivity contribution in [2.24, 2.45) is 0 Å². The van der Waals surface area contributed by atoms with Crippen molar-refractivity contribution < 1.29 is 18.3 Å². The predicted octanol–water partition coefficient (Wildman–Crippen LogP) is 3.63. The average Bonchev–Trinajstić information content (AvgIpc) is 3.05. The van der Waals surface area contributed by atoms with Crippen molar-refractivity contribution in [3.05, 3.63) is 71.7 Å². The molecule has 4 rings (SSSR count). The maximum Gasteiger partial charge on any atom is 0.226 e. The second kappa shape index (κ2) is 6.25. The highest BCUT2D eigenvalue weighted by Crippen LogP contribution is 2.38. The van der Waals surface area contributed by atoms with Crippen molar-refractivity contribution in [2.45, 2.75) is 12.3 Å². The molecule has 1 atom stereocenters. The molecule has 0 radical (unpaired) electrons. The number of hydrogen-bond acceptors (Lipinski definition) is 3. The molecule has 2 aromatic carbocycles. The van der Waals surface area contributed by atoms with Gasteiger partial charge < -0.3 is 10.1 Å². The summed E-state index contributed by atoms with van der Waals surface area (Å²) >= 11 is 0. The van der Waals surface area contributed by atoms with E-state index in [2.05, 4.69) is 10.3 Å². The first-order valence-corrected chi connectivity index (χ1v) is 8.03. The largest absolute Gasteiger partial charge is 0.497 e. The quantitative estimate of drug-likeness (QED) is 0.781. The molecule has 7 heteroatoms. The number of ether oxygens (including phenoxy) is 1. The van der Waals surface area contributed by atoms with E-state index in [0.29, 0.717) is 17.3 Å². The Labute approximate surface area is 148 Å². The monoisotopic (exact) mass is 355 g/mol. The number of aromatic nitrogens is 2. The summed E-state index contributed by atoms with van der Waals surface area (Å²) in [6.45, 7) is 0. The van der Waals surface area contributed by atoms with Crippen LogP contribution < -0.4 is 10.1 Å². The molecule has 0 saturated carbocycles. The lowest BCUT2D eigenvalue weighted by Gasteiger charge is -2.23. The highest BCUT2D eigenvalue weighted by atomic mass is 19.1. The number of rotatable bonds is 3. The van der Waals surface area contributed by atoms with Gasteiger partial charge in [0.2, 0.25) is 5.91 Å². The Kier molecular flexibility index (Phi) is 3.91. The predicted molar refractivity (Wildman–Crippen MR) is 91.6 cm³/mol. The molecule has 0 unspecified atom stereocenters. The molecule has 1 aromatic heterocycles. The maximum atomic E-state index is 14.3. The van der Waals surface area contributed by atoms with E-state index in [1.807, 2.05) is 18.2 Å². The van der Waals surface area contributed by atoms with E-state index in [9.17, 15) is 13.6 Å². The van der Waals surface area contributed by atoms with E-state index >= 15 is 0 Å². The lowest BCUT2D eigenvalue weighted by molar-refractivity contribution is -0.116.